The third kappa shape index (κ3) is 6.13. The number of aryl methyl sites for hydroxylation is 2. The van der Waals surface area contributed by atoms with Gasteiger partial charge >= 0.3 is 0 Å². The van der Waals surface area contributed by atoms with Crippen molar-refractivity contribution in [1.82, 2.24) is 15.1 Å². The molecule has 0 saturated carbocycles. The van der Waals surface area contributed by atoms with Crippen LogP contribution in [0.15, 0.2) is 42.7 Å². The molecule has 3 nitrogen and oxygen atoms in total. The minimum atomic E-state index is 0.693. The molecule has 1 aromatic carbocycles. The van der Waals surface area contributed by atoms with E-state index in [9.17, 15) is 0 Å². The molecule has 0 aliphatic heterocycles. The highest BCUT2D eigenvalue weighted by molar-refractivity contribution is 5.14. The fourth-order valence-corrected chi connectivity index (χ4v) is 2.37. The van der Waals surface area contributed by atoms with Crippen molar-refractivity contribution in [3.05, 3.63) is 53.9 Å². The minimum absolute atomic E-state index is 0.693. The molecule has 0 bridgehead atoms. The van der Waals surface area contributed by atoms with Crippen molar-refractivity contribution in [1.29, 1.82) is 0 Å². The number of unbranched alkanes of at least 4 members (excludes halogenated alkanes) is 1. The first-order chi connectivity index (χ1) is 10.2. The van der Waals surface area contributed by atoms with E-state index in [1.54, 1.807) is 0 Å². The average Bonchev–Trinajstić information content (AvgIpc) is 2.92. The molecule has 3 heteroatoms. The highest BCUT2D eigenvalue weighted by Crippen LogP contribution is 2.06. The molecule has 0 radical (unpaired) electrons. The molecular weight excluding hydrogens is 258 g/mol. The van der Waals surface area contributed by atoms with Crippen molar-refractivity contribution in [2.24, 2.45) is 5.92 Å². The Morgan fingerprint density at radius 1 is 1.10 bits per heavy atom. The van der Waals surface area contributed by atoms with Gasteiger partial charge in [-0.2, -0.15) is 5.10 Å². The summed E-state index contributed by atoms with van der Waals surface area (Å²) in [4.78, 5) is 0. The number of benzene rings is 1. The van der Waals surface area contributed by atoms with Crippen molar-refractivity contribution >= 4 is 0 Å². The average molecular weight is 285 g/mol. The van der Waals surface area contributed by atoms with E-state index in [4.69, 9.17) is 0 Å². The Morgan fingerprint density at radius 2 is 1.90 bits per heavy atom. The van der Waals surface area contributed by atoms with E-state index in [1.807, 2.05) is 6.20 Å². The second-order valence-corrected chi connectivity index (χ2v) is 6.08. The van der Waals surface area contributed by atoms with Crippen LogP contribution in [0.25, 0.3) is 0 Å². The normalized spacial score (nSPS) is 11.2. The van der Waals surface area contributed by atoms with Crippen molar-refractivity contribution in [3.63, 3.8) is 0 Å². The maximum Gasteiger partial charge on any atom is 0.0534 e. The van der Waals surface area contributed by atoms with Crippen LogP contribution in [0.2, 0.25) is 0 Å². The first-order valence-electron chi connectivity index (χ1n) is 8.00. The fourth-order valence-electron chi connectivity index (χ4n) is 2.37. The zero-order valence-corrected chi connectivity index (χ0v) is 13.3. The SMILES string of the molecule is CC(C)CNCc1cnn(CCCCc2ccccc2)c1. The molecule has 0 fully saturated rings. The van der Waals surface area contributed by atoms with E-state index < -0.39 is 0 Å². The van der Waals surface area contributed by atoms with Gasteiger partial charge in [-0.05, 0) is 37.3 Å². The summed E-state index contributed by atoms with van der Waals surface area (Å²) in [6, 6.07) is 10.7. The van der Waals surface area contributed by atoms with Crippen LogP contribution in [0.5, 0.6) is 0 Å². The van der Waals surface area contributed by atoms with E-state index in [1.165, 1.54) is 24.0 Å². The van der Waals surface area contributed by atoms with E-state index in [-0.39, 0.29) is 0 Å². The largest absolute Gasteiger partial charge is 0.312 e. The van der Waals surface area contributed by atoms with Crippen molar-refractivity contribution in [2.45, 2.75) is 46.2 Å². The van der Waals surface area contributed by atoms with Gasteiger partial charge in [-0.3, -0.25) is 4.68 Å². The lowest BCUT2D eigenvalue weighted by Gasteiger charge is -2.05. The summed E-state index contributed by atoms with van der Waals surface area (Å²) >= 11 is 0. The van der Waals surface area contributed by atoms with E-state index >= 15 is 0 Å². The minimum Gasteiger partial charge on any atom is -0.312 e. The summed E-state index contributed by atoms with van der Waals surface area (Å²) < 4.78 is 2.07. The van der Waals surface area contributed by atoms with E-state index in [2.05, 4.69) is 65.5 Å². The molecule has 2 aromatic rings. The molecule has 0 aliphatic carbocycles. The van der Waals surface area contributed by atoms with E-state index in [0.717, 1.165) is 26.1 Å². The molecule has 0 spiro atoms. The summed E-state index contributed by atoms with van der Waals surface area (Å²) in [5.74, 6) is 0.693. The number of nitrogens with one attached hydrogen (secondary N) is 1. The highest BCUT2D eigenvalue weighted by atomic mass is 15.3. The fraction of sp³-hybridized carbons (Fsp3) is 0.500. The Morgan fingerprint density at radius 3 is 2.67 bits per heavy atom. The van der Waals surface area contributed by atoms with Gasteiger partial charge in [-0.1, -0.05) is 44.2 Å². The summed E-state index contributed by atoms with van der Waals surface area (Å²) in [5, 5.41) is 7.89. The lowest BCUT2D eigenvalue weighted by atomic mass is 10.1. The number of nitrogens with zero attached hydrogens (tertiary/aromatic N) is 2. The molecule has 0 atom stereocenters. The van der Waals surface area contributed by atoms with E-state index in [0.29, 0.717) is 5.92 Å². The molecule has 0 unspecified atom stereocenters. The summed E-state index contributed by atoms with van der Waals surface area (Å²) in [7, 11) is 0. The molecule has 0 amide bonds. The molecule has 2 rings (SSSR count). The molecule has 114 valence electrons. The predicted octanol–water partition coefficient (Wildman–Crippen LogP) is 3.65. The van der Waals surface area contributed by atoms with Crippen LogP contribution >= 0.6 is 0 Å². The smallest absolute Gasteiger partial charge is 0.0534 e. The van der Waals surface area contributed by atoms with Crippen LogP contribution in [-0.2, 0) is 19.5 Å². The second kappa shape index (κ2) is 8.63. The molecule has 21 heavy (non-hydrogen) atoms. The van der Waals surface area contributed by atoms with Gasteiger partial charge in [-0.15, -0.1) is 0 Å². The van der Waals surface area contributed by atoms with Gasteiger partial charge in [0.05, 0.1) is 6.20 Å². The van der Waals surface area contributed by atoms with Gasteiger partial charge in [-0.25, -0.2) is 0 Å². The number of aromatic nitrogens is 2. The van der Waals surface area contributed by atoms with Crippen molar-refractivity contribution in [3.8, 4) is 0 Å². The maximum absolute atomic E-state index is 4.44. The topological polar surface area (TPSA) is 29.9 Å². The molecule has 1 aromatic heterocycles. The lowest BCUT2D eigenvalue weighted by molar-refractivity contribution is 0.547. The van der Waals surface area contributed by atoms with Crippen LogP contribution in [0.4, 0.5) is 0 Å². The summed E-state index contributed by atoms with van der Waals surface area (Å²) in [6.45, 7) is 7.44. The van der Waals surface area contributed by atoms with Crippen LogP contribution in [0.1, 0.15) is 37.8 Å². The Hall–Kier alpha value is -1.61. The van der Waals surface area contributed by atoms with Gasteiger partial charge < -0.3 is 5.32 Å². The highest BCUT2D eigenvalue weighted by Gasteiger charge is 2.00. The third-order valence-corrected chi connectivity index (χ3v) is 3.51. The van der Waals surface area contributed by atoms with Crippen molar-refractivity contribution < 1.29 is 0 Å². The monoisotopic (exact) mass is 285 g/mol. The number of hydrogen-bond acceptors (Lipinski definition) is 2. The van der Waals surface area contributed by atoms with Crippen LogP contribution in [0.3, 0.4) is 0 Å². The quantitative estimate of drug-likeness (QED) is 0.713. The van der Waals surface area contributed by atoms with Gasteiger partial charge in [0.25, 0.3) is 0 Å². The van der Waals surface area contributed by atoms with Gasteiger partial charge in [0, 0.05) is 24.8 Å². The Bertz CT molecular complexity index is 502. The number of hydrogen-bond donors (Lipinski definition) is 1. The summed E-state index contributed by atoms with van der Waals surface area (Å²) in [6.07, 6.45) is 7.69. The summed E-state index contributed by atoms with van der Waals surface area (Å²) in [5.41, 5.74) is 2.70. The maximum atomic E-state index is 4.44. The molecular formula is C18H27N3. The van der Waals surface area contributed by atoms with Gasteiger partial charge in [0.15, 0.2) is 0 Å². The van der Waals surface area contributed by atoms with Gasteiger partial charge in [0.1, 0.15) is 0 Å². The molecule has 0 saturated heterocycles. The second-order valence-electron chi connectivity index (χ2n) is 6.08. The lowest BCUT2D eigenvalue weighted by Crippen LogP contribution is -2.18. The molecule has 1 heterocycles. The van der Waals surface area contributed by atoms with Gasteiger partial charge in [0.2, 0.25) is 0 Å². The Labute approximate surface area is 128 Å². The third-order valence-electron chi connectivity index (χ3n) is 3.51. The van der Waals surface area contributed by atoms with Crippen LogP contribution in [0, 0.1) is 5.92 Å². The van der Waals surface area contributed by atoms with Crippen LogP contribution in [-0.4, -0.2) is 16.3 Å². The number of rotatable bonds is 9. The van der Waals surface area contributed by atoms with Crippen LogP contribution < -0.4 is 5.32 Å². The first-order valence-corrected chi connectivity index (χ1v) is 8.00. The zero-order chi connectivity index (χ0) is 14.9. The predicted molar refractivity (Wildman–Crippen MR) is 88.2 cm³/mol. The first kappa shape index (κ1) is 15.8. The molecule has 0 aliphatic rings. The Balaban J connectivity index is 1.63. The standard InChI is InChI=1S/C18H27N3/c1-16(2)12-19-13-18-14-20-21(15-18)11-7-6-10-17-8-4-3-5-9-17/h3-5,8-9,14-16,19H,6-7,10-13H2,1-2H3. The van der Waals surface area contributed by atoms with Crippen molar-refractivity contribution in [2.75, 3.05) is 6.54 Å². The molecule has 1 N–H and O–H groups in total. The zero-order valence-electron chi connectivity index (χ0n) is 13.3. The Kier molecular flexibility index (Phi) is 6.48.